The van der Waals surface area contributed by atoms with E-state index in [1.54, 1.807) is 0 Å². The molecule has 208 valence electrons. The standard InChI is InChI=1S/C23H28N2O13/c1-10(26)33-9-16-19(35-12(3)28)20(36-13(4)29)21(37-14(5)30)23(38-16)25-22(31)17-18(34-11(2)27)15(32-6)7-8-24-17/h7-8,16,19-21,23H,9H2,1-6H3,(H,25,31)/t16-,19?,20?,21?,23?/m1/s1. The van der Waals surface area contributed by atoms with Crippen molar-refractivity contribution in [2.45, 2.75) is 65.3 Å². The highest BCUT2D eigenvalue weighted by Gasteiger charge is 2.52. The van der Waals surface area contributed by atoms with Crippen molar-refractivity contribution in [3.63, 3.8) is 0 Å². The van der Waals surface area contributed by atoms with Gasteiger partial charge < -0.3 is 38.5 Å². The quantitative estimate of drug-likeness (QED) is 0.320. The van der Waals surface area contributed by atoms with Crippen LogP contribution in [0.15, 0.2) is 12.3 Å². The molecule has 0 aliphatic carbocycles. The second-order valence-corrected chi connectivity index (χ2v) is 7.88. The summed E-state index contributed by atoms with van der Waals surface area (Å²) >= 11 is 0. The first-order chi connectivity index (χ1) is 17.8. The summed E-state index contributed by atoms with van der Waals surface area (Å²) < 4.78 is 36.9. The summed E-state index contributed by atoms with van der Waals surface area (Å²) in [6.07, 6.45) is -6.06. The van der Waals surface area contributed by atoms with Gasteiger partial charge in [-0.15, -0.1) is 0 Å². The lowest BCUT2D eigenvalue weighted by atomic mass is 9.97. The molecule has 1 aromatic heterocycles. The Morgan fingerprint density at radius 1 is 0.842 bits per heavy atom. The molecule has 1 amide bonds. The fraction of sp³-hybridized carbons (Fsp3) is 0.522. The zero-order valence-corrected chi connectivity index (χ0v) is 21.5. The van der Waals surface area contributed by atoms with Gasteiger partial charge in [-0.2, -0.15) is 0 Å². The van der Waals surface area contributed by atoms with Gasteiger partial charge in [-0.1, -0.05) is 0 Å². The largest absolute Gasteiger partial charge is 0.493 e. The van der Waals surface area contributed by atoms with Crippen LogP contribution < -0.4 is 14.8 Å². The molecule has 1 aliphatic heterocycles. The number of amides is 1. The molecule has 0 aromatic carbocycles. The molecule has 1 aromatic rings. The monoisotopic (exact) mass is 540 g/mol. The minimum Gasteiger partial charge on any atom is -0.493 e. The molecule has 15 heteroatoms. The molecular formula is C23H28N2O13. The van der Waals surface area contributed by atoms with Gasteiger partial charge in [-0.3, -0.25) is 28.8 Å². The SMILES string of the molecule is COc1ccnc(C(=O)NC2O[C@H](COC(C)=O)C(OC(C)=O)C(OC(C)=O)C2OC(C)=O)c1OC(C)=O. The van der Waals surface area contributed by atoms with Crippen LogP contribution in [0.25, 0.3) is 0 Å². The number of nitrogens with one attached hydrogen (secondary N) is 1. The Balaban J connectivity index is 2.53. The number of ether oxygens (including phenoxy) is 7. The number of nitrogens with zero attached hydrogens (tertiary/aromatic N) is 1. The highest BCUT2D eigenvalue weighted by Crippen LogP contribution is 2.31. The maximum atomic E-state index is 13.3. The predicted octanol–water partition coefficient (Wildman–Crippen LogP) is -0.172. The van der Waals surface area contributed by atoms with Crippen LogP contribution in [0.1, 0.15) is 45.1 Å². The van der Waals surface area contributed by atoms with Gasteiger partial charge in [0.1, 0.15) is 12.7 Å². The molecule has 0 radical (unpaired) electrons. The molecule has 1 aliphatic rings. The van der Waals surface area contributed by atoms with E-state index in [2.05, 4.69) is 10.3 Å². The molecule has 2 rings (SSSR count). The maximum absolute atomic E-state index is 13.3. The van der Waals surface area contributed by atoms with Crippen molar-refractivity contribution in [1.82, 2.24) is 10.3 Å². The predicted molar refractivity (Wildman–Crippen MR) is 122 cm³/mol. The van der Waals surface area contributed by atoms with Gasteiger partial charge in [-0.05, 0) is 0 Å². The number of rotatable bonds is 9. The van der Waals surface area contributed by atoms with E-state index in [0.29, 0.717) is 0 Å². The van der Waals surface area contributed by atoms with Gasteiger partial charge in [0.05, 0.1) is 7.11 Å². The fourth-order valence-electron chi connectivity index (χ4n) is 3.54. The van der Waals surface area contributed by atoms with Gasteiger partial charge in [0.2, 0.25) is 5.75 Å². The number of pyridine rings is 1. The normalized spacial score (nSPS) is 22.3. The van der Waals surface area contributed by atoms with E-state index in [9.17, 15) is 28.8 Å². The first-order valence-electron chi connectivity index (χ1n) is 11.2. The molecule has 1 fully saturated rings. The van der Waals surface area contributed by atoms with E-state index in [0.717, 1.165) is 34.6 Å². The minimum atomic E-state index is -1.55. The maximum Gasteiger partial charge on any atom is 0.308 e. The minimum absolute atomic E-state index is 0.0156. The van der Waals surface area contributed by atoms with Crippen molar-refractivity contribution in [3.05, 3.63) is 18.0 Å². The van der Waals surface area contributed by atoms with Gasteiger partial charge in [-0.25, -0.2) is 4.98 Å². The van der Waals surface area contributed by atoms with Crippen molar-refractivity contribution < 1.29 is 61.9 Å². The zero-order chi connectivity index (χ0) is 28.6. The molecule has 2 heterocycles. The Bertz CT molecular complexity index is 1090. The van der Waals surface area contributed by atoms with E-state index in [4.69, 9.17) is 33.2 Å². The third kappa shape index (κ3) is 8.12. The molecule has 0 saturated carbocycles. The smallest absolute Gasteiger partial charge is 0.308 e. The number of aromatic nitrogens is 1. The van der Waals surface area contributed by atoms with Crippen LogP contribution in [0.2, 0.25) is 0 Å². The first kappa shape index (κ1) is 30.0. The number of hydrogen-bond donors (Lipinski definition) is 1. The van der Waals surface area contributed by atoms with Crippen LogP contribution in [0.3, 0.4) is 0 Å². The summed E-state index contributed by atoms with van der Waals surface area (Å²) in [4.78, 5) is 75.9. The van der Waals surface area contributed by atoms with Gasteiger partial charge in [0, 0.05) is 46.9 Å². The summed E-state index contributed by atoms with van der Waals surface area (Å²) in [6.45, 7) is 4.93. The van der Waals surface area contributed by atoms with Crippen molar-refractivity contribution in [2.24, 2.45) is 0 Å². The lowest BCUT2D eigenvalue weighted by Gasteiger charge is -2.44. The van der Waals surface area contributed by atoms with Crippen molar-refractivity contribution in [3.8, 4) is 11.5 Å². The topological polar surface area (TPSA) is 192 Å². The third-order valence-electron chi connectivity index (χ3n) is 4.81. The van der Waals surface area contributed by atoms with E-state index >= 15 is 0 Å². The average Bonchev–Trinajstić information content (AvgIpc) is 2.80. The molecule has 15 nitrogen and oxygen atoms in total. The molecule has 0 spiro atoms. The second-order valence-electron chi connectivity index (χ2n) is 7.88. The summed E-state index contributed by atoms with van der Waals surface area (Å²) in [5, 5.41) is 2.43. The number of esters is 5. The molecule has 1 saturated heterocycles. The Hall–Kier alpha value is -4.27. The summed E-state index contributed by atoms with van der Waals surface area (Å²) in [6, 6.07) is 1.35. The van der Waals surface area contributed by atoms with E-state index < -0.39 is 78.7 Å². The average molecular weight is 540 g/mol. The van der Waals surface area contributed by atoms with E-state index in [-0.39, 0.29) is 11.5 Å². The van der Waals surface area contributed by atoms with Gasteiger partial charge in [0.15, 0.2) is 36.0 Å². The van der Waals surface area contributed by atoms with Gasteiger partial charge in [0.25, 0.3) is 5.91 Å². The zero-order valence-electron chi connectivity index (χ0n) is 21.5. The van der Waals surface area contributed by atoms with E-state index in [1.807, 2.05) is 0 Å². The van der Waals surface area contributed by atoms with Crippen molar-refractivity contribution >= 4 is 35.8 Å². The molecule has 4 unspecified atom stereocenters. The molecule has 0 bridgehead atoms. The second kappa shape index (κ2) is 13.3. The van der Waals surface area contributed by atoms with E-state index in [1.165, 1.54) is 19.4 Å². The number of carbonyl (C=O) groups is 6. The van der Waals surface area contributed by atoms with Crippen LogP contribution in [0, 0.1) is 0 Å². The highest BCUT2D eigenvalue weighted by atomic mass is 16.7. The molecule has 5 atom stereocenters. The number of hydrogen-bond acceptors (Lipinski definition) is 14. The Kier molecular flexibility index (Phi) is 10.5. The Morgan fingerprint density at radius 2 is 1.42 bits per heavy atom. The number of methoxy groups -OCH3 is 1. The third-order valence-corrected chi connectivity index (χ3v) is 4.81. The van der Waals surface area contributed by atoms with Crippen LogP contribution in [-0.4, -0.2) is 85.1 Å². The Labute approximate surface area is 217 Å². The van der Waals surface area contributed by atoms with Crippen molar-refractivity contribution in [1.29, 1.82) is 0 Å². The van der Waals surface area contributed by atoms with Crippen LogP contribution >= 0.6 is 0 Å². The van der Waals surface area contributed by atoms with Crippen LogP contribution in [0.4, 0.5) is 0 Å². The summed E-state index contributed by atoms with van der Waals surface area (Å²) in [5.41, 5.74) is -0.396. The molecule has 1 N–H and O–H groups in total. The first-order valence-corrected chi connectivity index (χ1v) is 11.2. The van der Waals surface area contributed by atoms with Crippen molar-refractivity contribution in [2.75, 3.05) is 13.7 Å². The van der Waals surface area contributed by atoms with Gasteiger partial charge >= 0.3 is 29.8 Å². The highest BCUT2D eigenvalue weighted by molar-refractivity contribution is 5.96. The van der Waals surface area contributed by atoms with Crippen LogP contribution in [-0.2, 0) is 47.7 Å². The fourth-order valence-corrected chi connectivity index (χ4v) is 3.54. The molecular weight excluding hydrogens is 512 g/mol. The lowest BCUT2D eigenvalue weighted by molar-refractivity contribution is -0.255. The van der Waals surface area contributed by atoms with Crippen LogP contribution in [0.5, 0.6) is 11.5 Å². The lowest BCUT2D eigenvalue weighted by Crippen LogP contribution is -2.66. The number of carbonyl (C=O) groups excluding carboxylic acids is 6. The summed E-state index contributed by atoms with van der Waals surface area (Å²) in [7, 11) is 1.28. The Morgan fingerprint density at radius 3 is 1.95 bits per heavy atom. The molecule has 38 heavy (non-hydrogen) atoms. The summed E-state index contributed by atoms with van der Waals surface area (Å²) in [5.74, 6) is -5.22.